The minimum atomic E-state index is -0.339. The van der Waals surface area contributed by atoms with Crippen molar-refractivity contribution in [1.29, 1.82) is 0 Å². The van der Waals surface area contributed by atoms with Crippen LogP contribution in [0, 0.1) is 6.92 Å². The number of nitrogens with zero attached hydrogens (tertiary/aromatic N) is 2. The first-order chi connectivity index (χ1) is 14.0. The monoisotopic (exact) mass is 392 g/mol. The number of furan rings is 1. The zero-order chi connectivity index (χ0) is 20.5. The molecule has 3 heterocycles. The Morgan fingerprint density at radius 2 is 2.00 bits per heavy atom. The highest BCUT2D eigenvalue weighted by Gasteiger charge is 2.47. The van der Waals surface area contributed by atoms with E-state index in [0.29, 0.717) is 17.9 Å². The molecule has 0 amide bonds. The summed E-state index contributed by atoms with van der Waals surface area (Å²) in [4.78, 5) is 14.8. The number of ether oxygens (including phenoxy) is 1. The molecule has 2 atom stereocenters. The molecule has 1 aromatic carbocycles. The lowest BCUT2D eigenvalue weighted by atomic mass is 10.0. The number of benzene rings is 1. The number of hydrogen-bond acceptors (Lipinski definition) is 5. The van der Waals surface area contributed by atoms with Gasteiger partial charge in [-0.1, -0.05) is 24.3 Å². The number of fused-ring (bicyclic) bond motifs is 1. The van der Waals surface area contributed by atoms with Crippen LogP contribution in [-0.2, 0) is 4.74 Å². The maximum Gasteiger partial charge on any atom is 0.342 e. The molecule has 0 fully saturated rings. The minimum Gasteiger partial charge on any atom is -0.462 e. The molecule has 29 heavy (non-hydrogen) atoms. The summed E-state index contributed by atoms with van der Waals surface area (Å²) >= 11 is 0. The van der Waals surface area contributed by atoms with Crippen LogP contribution in [0.2, 0.25) is 0 Å². The highest BCUT2D eigenvalue weighted by Crippen LogP contribution is 2.39. The van der Waals surface area contributed by atoms with E-state index in [9.17, 15) is 4.79 Å². The Morgan fingerprint density at radius 3 is 2.69 bits per heavy atom. The predicted octanol–water partition coefficient (Wildman–Crippen LogP) is 3.41. The predicted molar refractivity (Wildman–Crippen MR) is 111 cm³/mol. The number of nitrogens with one attached hydrogen (secondary N) is 1. The van der Waals surface area contributed by atoms with E-state index < -0.39 is 0 Å². The molecule has 4 rings (SSSR count). The Hall–Kier alpha value is -3.09. The van der Waals surface area contributed by atoms with Crippen LogP contribution in [0.25, 0.3) is 0 Å². The Labute approximate surface area is 170 Å². The fourth-order valence-electron chi connectivity index (χ4n) is 3.97. The molecule has 0 saturated carbocycles. The second kappa shape index (κ2) is 7.73. The molecule has 2 aromatic rings. The van der Waals surface area contributed by atoms with Crippen LogP contribution >= 0.6 is 0 Å². The third-order valence-electron chi connectivity index (χ3n) is 5.35. The summed E-state index contributed by atoms with van der Waals surface area (Å²) in [5, 5.41) is 3.14. The van der Waals surface area contributed by atoms with Crippen molar-refractivity contribution in [3.05, 3.63) is 83.4 Å². The Kier molecular flexibility index (Phi) is 5.13. The van der Waals surface area contributed by atoms with E-state index in [0.717, 1.165) is 27.8 Å². The number of carbonyl (C=O) groups excluding carboxylic acids is 1. The lowest BCUT2D eigenvalue weighted by Gasteiger charge is -2.25. The van der Waals surface area contributed by atoms with Gasteiger partial charge in [-0.25, -0.2) is 4.79 Å². The molecular weight excluding hydrogens is 366 g/mol. The van der Waals surface area contributed by atoms with Gasteiger partial charge in [0.05, 0.1) is 12.2 Å². The molecule has 1 aromatic heterocycles. The van der Waals surface area contributed by atoms with Crippen molar-refractivity contribution in [2.24, 2.45) is 0 Å². The van der Waals surface area contributed by atoms with E-state index in [4.69, 9.17) is 9.15 Å². The van der Waals surface area contributed by atoms with Crippen molar-refractivity contribution in [2.45, 2.75) is 19.9 Å². The maximum atomic E-state index is 12.8. The molecule has 1 N–H and O–H groups in total. The second-order valence-electron chi connectivity index (χ2n) is 7.17. The van der Waals surface area contributed by atoms with Gasteiger partial charge < -0.3 is 14.1 Å². The summed E-state index contributed by atoms with van der Waals surface area (Å²) in [5.41, 5.74) is 3.50. The molecule has 2 unspecified atom stereocenters. The number of quaternary nitrogens is 1. The van der Waals surface area contributed by atoms with E-state index in [1.807, 2.05) is 64.5 Å². The fraction of sp³-hybridized carbons (Fsp3) is 0.261. The standard InChI is InChI=1S/C23H25N3O3/c1-5-28-23(27)20-16(2)29-22-21(20)19(15-18-13-9-10-14-24(18)3)25(4)26(22)17-11-7-6-8-12-17/h6-15,19H,5H2,1-4H3/p+1. The molecule has 6 nitrogen and oxygen atoms in total. The number of para-hydroxylation sites is 1. The normalized spacial score (nSPS) is 22.3. The van der Waals surface area contributed by atoms with Crippen molar-refractivity contribution in [3.63, 3.8) is 0 Å². The molecule has 0 bridgehead atoms. The van der Waals surface area contributed by atoms with Gasteiger partial charge in [0.15, 0.2) is 5.69 Å². The van der Waals surface area contributed by atoms with Crippen molar-refractivity contribution in [3.8, 4) is 0 Å². The average molecular weight is 392 g/mol. The van der Waals surface area contributed by atoms with Crippen LogP contribution in [0.3, 0.4) is 0 Å². The van der Waals surface area contributed by atoms with Gasteiger partial charge in [-0.05, 0) is 32.1 Å². The van der Waals surface area contributed by atoms with Gasteiger partial charge >= 0.3 is 11.9 Å². The number of esters is 1. The zero-order valence-electron chi connectivity index (χ0n) is 17.2. The van der Waals surface area contributed by atoms with E-state index in [1.165, 1.54) is 0 Å². The summed E-state index contributed by atoms with van der Waals surface area (Å²) in [6.45, 7) is 3.97. The smallest absolute Gasteiger partial charge is 0.342 e. The van der Waals surface area contributed by atoms with Gasteiger partial charge in [-0.15, -0.1) is 5.01 Å². The maximum absolute atomic E-state index is 12.8. The third kappa shape index (κ3) is 3.30. The topological polar surface area (TPSA) is 50.4 Å². The van der Waals surface area contributed by atoms with Gasteiger partial charge in [0.25, 0.3) is 0 Å². The molecule has 150 valence electrons. The van der Waals surface area contributed by atoms with Gasteiger partial charge in [-0.2, -0.15) is 5.01 Å². The minimum absolute atomic E-state index is 0.148. The van der Waals surface area contributed by atoms with E-state index in [1.54, 1.807) is 0 Å². The van der Waals surface area contributed by atoms with Crippen molar-refractivity contribution in [2.75, 3.05) is 20.7 Å². The summed E-state index contributed by atoms with van der Waals surface area (Å²) < 4.78 is 11.5. The number of rotatable bonds is 4. The molecular formula is C23H26N3O3+. The van der Waals surface area contributed by atoms with E-state index in [-0.39, 0.29) is 12.0 Å². The molecule has 2 aliphatic heterocycles. The molecule has 0 saturated heterocycles. The quantitative estimate of drug-likeness (QED) is 0.808. The first-order valence-electron chi connectivity index (χ1n) is 9.78. The van der Waals surface area contributed by atoms with Gasteiger partial charge in [0.2, 0.25) is 0 Å². The zero-order valence-corrected chi connectivity index (χ0v) is 17.2. The summed E-state index contributed by atoms with van der Waals surface area (Å²) in [6, 6.07) is 9.97. The Balaban J connectivity index is 1.87. The van der Waals surface area contributed by atoms with Crippen molar-refractivity contribution in [1.82, 2.24) is 9.91 Å². The number of carbonyl (C=O) groups is 1. The van der Waals surface area contributed by atoms with Crippen LogP contribution in [0.1, 0.15) is 34.6 Å². The highest BCUT2D eigenvalue weighted by molar-refractivity contribution is 5.94. The van der Waals surface area contributed by atoms with Gasteiger partial charge in [0, 0.05) is 38.1 Å². The largest absolute Gasteiger partial charge is 0.462 e. The molecule has 6 heteroatoms. The van der Waals surface area contributed by atoms with Crippen molar-refractivity contribution >= 4 is 17.5 Å². The Morgan fingerprint density at radius 1 is 1.24 bits per heavy atom. The molecule has 0 spiro atoms. The van der Waals surface area contributed by atoms with Crippen LogP contribution in [0.4, 0.5) is 11.6 Å². The average Bonchev–Trinajstić information content (AvgIpc) is 3.17. The number of likely N-dealkylation sites (N-methyl/N-ethyl adjacent to an activating group) is 2. The van der Waals surface area contributed by atoms with Gasteiger partial charge in [-0.3, -0.25) is 0 Å². The molecule has 0 aliphatic carbocycles. The van der Waals surface area contributed by atoms with Crippen molar-refractivity contribution < 1.29 is 19.0 Å². The number of aryl methyl sites for hydroxylation is 1. The summed E-state index contributed by atoms with van der Waals surface area (Å²) in [5.74, 6) is 0.985. The Bertz CT molecular complexity index is 1000. The highest BCUT2D eigenvalue weighted by atomic mass is 16.5. The first kappa shape index (κ1) is 19.2. The van der Waals surface area contributed by atoms with Crippen LogP contribution in [0.5, 0.6) is 0 Å². The third-order valence-corrected chi connectivity index (χ3v) is 5.35. The van der Waals surface area contributed by atoms with Gasteiger partial charge in [0.1, 0.15) is 17.4 Å². The van der Waals surface area contributed by atoms with Crippen LogP contribution in [-0.4, -0.2) is 36.6 Å². The number of allylic oxidation sites excluding steroid dienone is 3. The van der Waals surface area contributed by atoms with Crippen LogP contribution < -0.4 is 5.01 Å². The molecule has 0 radical (unpaired) electrons. The van der Waals surface area contributed by atoms with Crippen LogP contribution in [0.15, 0.2) is 71.0 Å². The van der Waals surface area contributed by atoms with E-state index >= 15 is 0 Å². The fourth-order valence-corrected chi connectivity index (χ4v) is 3.97. The first-order valence-corrected chi connectivity index (χ1v) is 9.78. The lowest BCUT2D eigenvalue weighted by molar-refractivity contribution is -0.897. The SMILES string of the molecule is CCOC(=O)c1c(C)oc2c1C(C=C1C=CC=CN1C)N(C)[NH+]2c1ccccc1. The lowest BCUT2D eigenvalue weighted by Crippen LogP contribution is -3.07. The summed E-state index contributed by atoms with van der Waals surface area (Å²) in [6.07, 6.45) is 10.2. The second-order valence-corrected chi connectivity index (χ2v) is 7.17. The van der Waals surface area contributed by atoms with E-state index in [2.05, 4.69) is 34.2 Å². The molecule has 2 aliphatic rings. The number of hydrogen-bond donors (Lipinski definition) is 1. The summed E-state index contributed by atoms with van der Waals surface area (Å²) in [7, 11) is 4.04.